The number of likely N-dealkylation sites (N-methyl/N-ethyl adjacent to an activating group) is 1. The summed E-state index contributed by atoms with van der Waals surface area (Å²) >= 11 is 1.02. The lowest BCUT2D eigenvalue weighted by Gasteiger charge is -2.48. The highest BCUT2D eigenvalue weighted by Crippen LogP contribution is 2.45. The van der Waals surface area contributed by atoms with E-state index in [-0.39, 0.29) is 16.7 Å². The molecule has 2 amide bonds. The molecule has 1 aromatic rings. The van der Waals surface area contributed by atoms with Crippen LogP contribution in [0.1, 0.15) is 63.1 Å². The molecule has 0 spiro atoms. The molecule has 2 aliphatic rings. The maximum absolute atomic E-state index is 12.2. The van der Waals surface area contributed by atoms with Crippen molar-refractivity contribution >= 4 is 34.7 Å². The number of carbonyl (C=O) groups is 2. The van der Waals surface area contributed by atoms with Crippen molar-refractivity contribution in [2.75, 3.05) is 18.5 Å². The van der Waals surface area contributed by atoms with Gasteiger partial charge in [0, 0.05) is 24.8 Å². The summed E-state index contributed by atoms with van der Waals surface area (Å²) < 4.78 is 0. The van der Waals surface area contributed by atoms with Crippen LogP contribution in [0, 0.1) is 6.92 Å². The maximum atomic E-state index is 12.2. The summed E-state index contributed by atoms with van der Waals surface area (Å²) in [6.45, 7) is 12.3. The van der Waals surface area contributed by atoms with Gasteiger partial charge in [-0.3, -0.25) is 14.5 Å². The second-order valence-electron chi connectivity index (χ2n) is 8.08. The van der Waals surface area contributed by atoms with Crippen molar-refractivity contribution in [3.8, 4) is 0 Å². The molecule has 26 heavy (non-hydrogen) atoms. The zero-order chi connectivity index (χ0) is 19.2. The molecule has 0 bridgehead atoms. The first-order valence-electron chi connectivity index (χ1n) is 9.29. The van der Waals surface area contributed by atoms with E-state index < -0.39 is 0 Å². The van der Waals surface area contributed by atoms with E-state index in [9.17, 15) is 9.59 Å². The highest BCUT2D eigenvalue weighted by Gasteiger charge is 2.36. The number of fused-ring (bicyclic) bond motifs is 1. The third-order valence-electron chi connectivity index (χ3n) is 5.49. The van der Waals surface area contributed by atoms with E-state index in [1.54, 1.807) is 0 Å². The van der Waals surface area contributed by atoms with Crippen LogP contribution in [0.25, 0.3) is 6.08 Å². The van der Waals surface area contributed by atoms with Gasteiger partial charge in [-0.2, -0.15) is 0 Å². The molecule has 1 atom stereocenters. The lowest BCUT2D eigenvalue weighted by molar-refractivity contribution is -0.121. The van der Waals surface area contributed by atoms with Crippen molar-refractivity contribution < 1.29 is 9.59 Å². The zero-order valence-electron chi connectivity index (χ0n) is 16.5. The SMILES string of the molecule is CCCN1c2cc(C)c(/C=C3\SC(=O)N(C)C3=O)cc2C(C)CC1(C)C. The Morgan fingerprint density at radius 3 is 2.58 bits per heavy atom. The Hall–Kier alpha value is -1.75. The summed E-state index contributed by atoms with van der Waals surface area (Å²) in [5, 5.41) is -0.207. The molecule has 1 fully saturated rings. The molecule has 2 heterocycles. The Balaban J connectivity index is 2.06. The first-order valence-corrected chi connectivity index (χ1v) is 10.1. The van der Waals surface area contributed by atoms with Gasteiger partial charge in [0.1, 0.15) is 0 Å². The van der Waals surface area contributed by atoms with Crippen LogP contribution in [0.3, 0.4) is 0 Å². The van der Waals surface area contributed by atoms with E-state index in [0.29, 0.717) is 10.8 Å². The average molecular weight is 373 g/mol. The maximum Gasteiger partial charge on any atom is 0.293 e. The molecular formula is C21H28N2O2S. The minimum Gasteiger partial charge on any atom is -0.366 e. The van der Waals surface area contributed by atoms with Gasteiger partial charge in [-0.05, 0) is 86.2 Å². The number of amides is 2. The minimum absolute atomic E-state index is 0.140. The highest BCUT2D eigenvalue weighted by atomic mass is 32.2. The molecule has 5 heteroatoms. The Morgan fingerprint density at radius 1 is 1.31 bits per heavy atom. The van der Waals surface area contributed by atoms with Crippen molar-refractivity contribution in [2.24, 2.45) is 0 Å². The molecule has 1 unspecified atom stereocenters. The molecule has 3 rings (SSSR count). The summed E-state index contributed by atoms with van der Waals surface area (Å²) in [7, 11) is 1.53. The Labute approximate surface area is 160 Å². The van der Waals surface area contributed by atoms with Gasteiger partial charge < -0.3 is 4.90 Å². The second kappa shape index (κ2) is 6.76. The topological polar surface area (TPSA) is 40.6 Å². The molecule has 4 nitrogen and oxygen atoms in total. The van der Waals surface area contributed by atoms with Gasteiger partial charge in [-0.25, -0.2) is 0 Å². The lowest BCUT2D eigenvalue weighted by atomic mass is 9.79. The molecule has 0 saturated carbocycles. The molecule has 0 radical (unpaired) electrons. The summed E-state index contributed by atoms with van der Waals surface area (Å²) in [5.41, 5.74) is 4.96. The number of aryl methyl sites for hydroxylation is 1. The molecule has 2 aliphatic heterocycles. The van der Waals surface area contributed by atoms with E-state index in [0.717, 1.165) is 42.3 Å². The number of imide groups is 1. The molecule has 1 saturated heterocycles. The number of rotatable bonds is 3. The molecule has 0 aliphatic carbocycles. The van der Waals surface area contributed by atoms with Crippen LogP contribution in [0.2, 0.25) is 0 Å². The number of thioether (sulfide) groups is 1. The van der Waals surface area contributed by atoms with E-state index >= 15 is 0 Å². The monoisotopic (exact) mass is 372 g/mol. The first kappa shape index (κ1) is 19.0. The van der Waals surface area contributed by atoms with Crippen LogP contribution in [0.15, 0.2) is 17.0 Å². The molecule has 1 aromatic carbocycles. The van der Waals surface area contributed by atoms with E-state index in [4.69, 9.17) is 0 Å². The zero-order valence-corrected chi connectivity index (χ0v) is 17.4. The second-order valence-corrected chi connectivity index (χ2v) is 9.07. The van der Waals surface area contributed by atoms with Gasteiger partial charge in [0.25, 0.3) is 11.1 Å². The van der Waals surface area contributed by atoms with Crippen molar-refractivity contribution in [1.82, 2.24) is 4.90 Å². The van der Waals surface area contributed by atoms with Gasteiger partial charge >= 0.3 is 0 Å². The smallest absolute Gasteiger partial charge is 0.293 e. The van der Waals surface area contributed by atoms with Gasteiger partial charge in [0.05, 0.1) is 4.91 Å². The molecule has 0 aromatic heterocycles. The van der Waals surface area contributed by atoms with Crippen LogP contribution in [0.4, 0.5) is 10.5 Å². The third-order valence-corrected chi connectivity index (χ3v) is 6.45. The number of nitrogens with zero attached hydrogens (tertiary/aromatic N) is 2. The van der Waals surface area contributed by atoms with Crippen molar-refractivity contribution in [2.45, 2.75) is 58.9 Å². The molecule has 0 N–H and O–H groups in total. The normalized spacial score (nSPS) is 23.8. The van der Waals surface area contributed by atoms with Crippen LogP contribution >= 0.6 is 11.8 Å². The molecular weight excluding hydrogens is 344 g/mol. The number of benzene rings is 1. The number of carbonyl (C=O) groups excluding carboxylic acids is 2. The fourth-order valence-corrected chi connectivity index (χ4v) is 4.96. The highest BCUT2D eigenvalue weighted by molar-refractivity contribution is 8.18. The van der Waals surface area contributed by atoms with Crippen LogP contribution < -0.4 is 4.90 Å². The number of hydrogen-bond donors (Lipinski definition) is 0. The Kier molecular flexibility index (Phi) is 4.95. The fourth-order valence-electron chi connectivity index (χ4n) is 4.14. The van der Waals surface area contributed by atoms with E-state index in [2.05, 4.69) is 51.7 Å². The number of anilines is 1. The number of hydrogen-bond acceptors (Lipinski definition) is 4. The van der Waals surface area contributed by atoms with Crippen molar-refractivity contribution in [3.05, 3.63) is 33.7 Å². The fraction of sp³-hybridized carbons (Fsp3) is 0.524. The van der Waals surface area contributed by atoms with Crippen LogP contribution in [-0.4, -0.2) is 35.2 Å². The van der Waals surface area contributed by atoms with Crippen LogP contribution in [-0.2, 0) is 4.79 Å². The first-order chi connectivity index (χ1) is 12.2. The third kappa shape index (κ3) is 3.18. The van der Waals surface area contributed by atoms with Crippen molar-refractivity contribution in [1.29, 1.82) is 0 Å². The average Bonchev–Trinajstić information content (AvgIpc) is 2.79. The Morgan fingerprint density at radius 2 is 2.00 bits per heavy atom. The van der Waals surface area contributed by atoms with E-state index in [1.807, 2.05) is 6.08 Å². The summed E-state index contributed by atoms with van der Waals surface area (Å²) in [5.74, 6) is 0.251. The minimum atomic E-state index is -0.209. The lowest BCUT2D eigenvalue weighted by Crippen LogP contribution is -2.48. The van der Waals surface area contributed by atoms with E-state index in [1.165, 1.54) is 23.2 Å². The summed E-state index contributed by atoms with van der Waals surface area (Å²) in [6.07, 6.45) is 4.09. The predicted molar refractivity (Wildman–Crippen MR) is 110 cm³/mol. The standard InChI is InChI=1S/C21H28N2O2S/c1-7-8-23-17-9-13(2)15(10-16(17)14(3)12-21(23,4)5)11-18-19(24)22(6)20(25)26-18/h9-11,14H,7-8,12H2,1-6H3/b18-11-. The Bertz CT molecular complexity index is 797. The van der Waals surface area contributed by atoms with Gasteiger partial charge in [0.15, 0.2) is 0 Å². The van der Waals surface area contributed by atoms with Crippen LogP contribution in [0.5, 0.6) is 0 Å². The largest absolute Gasteiger partial charge is 0.366 e. The summed E-state index contributed by atoms with van der Waals surface area (Å²) in [6, 6.07) is 4.47. The predicted octanol–water partition coefficient (Wildman–Crippen LogP) is 5.16. The van der Waals surface area contributed by atoms with Gasteiger partial charge in [-0.1, -0.05) is 13.8 Å². The summed E-state index contributed by atoms with van der Waals surface area (Å²) in [4.78, 5) is 28.2. The molecule has 140 valence electrons. The quantitative estimate of drug-likeness (QED) is 0.687. The van der Waals surface area contributed by atoms with Crippen molar-refractivity contribution in [3.63, 3.8) is 0 Å². The van der Waals surface area contributed by atoms with Gasteiger partial charge in [-0.15, -0.1) is 0 Å². The van der Waals surface area contributed by atoms with Gasteiger partial charge in [0.2, 0.25) is 0 Å².